The van der Waals surface area contributed by atoms with Gasteiger partial charge in [-0.3, -0.25) is 0 Å². The molecule has 0 atom stereocenters. The van der Waals surface area contributed by atoms with E-state index in [1.807, 2.05) is 37.2 Å². The number of halogens is 1. The molecule has 1 aliphatic heterocycles. The zero-order valence-corrected chi connectivity index (χ0v) is 8.88. The molecule has 0 fully saturated rings. The van der Waals surface area contributed by atoms with Crippen molar-refractivity contribution in [2.75, 3.05) is 14.1 Å². The normalized spacial score (nSPS) is 14.1. The van der Waals surface area contributed by atoms with Crippen LogP contribution < -0.4 is 0 Å². The molecule has 0 N–H and O–H groups in total. The van der Waals surface area contributed by atoms with Gasteiger partial charge in [0.2, 0.25) is 0 Å². The number of hydrogen-bond acceptors (Lipinski definition) is 3. The first-order valence-electron chi connectivity index (χ1n) is 4.34. The van der Waals surface area contributed by atoms with Gasteiger partial charge in [0, 0.05) is 30.2 Å². The Balaban J connectivity index is 2.51. The summed E-state index contributed by atoms with van der Waals surface area (Å²) in [7, 11) is 3.86. The van der Waals surface area contributed by atoms with Gasteiger partial charge in [0.25, 0.3) is 0 Å². The highest BCUT2D eigenvalue weighted by atomic mass is 35.5. The lowest BCUT2D eigenvalue weighted by atomic mass is 10.1. The minimum absolute atomic E-state index is 0.518. The monoisotopic (exact) mass is 210 g/mol. The molecular weight excluding hydrogens is 200 g/mol. The molecule has 1 aromatic carbocycles. The van der Waals surface area contributed by atoms with Crippen molar-refractivity contribution in [2.24, 2.45) is 5.16 Å². The number of nitrogens with zero attached hydrogens (tertiary/aromatic N) is 2. The third-order valence-corrected chi connectivity index (χ3v) is 2.34. The third kappa shape index (κ3) is 1.55. The van der Waals surface area contributed by atoms with Gasteiger partial charge in [-0.2, -0.15) is 0 Å². The molecule has 4 heteroatoms. The van der Waals surface area contributed by atoms with Crippen molar-refractivity contribution in [1.29, 1.82) is 0 Å². The fourth-order valence-corrected chi connectivity index (χ4v) is 1.59. The predicted molar refractivity (Wildman–Crippen MR) is 56.5 cm³/mol. The summed E-state index contributed by atoms with van der Waals surface area (Å²) in [4.78, 5) is 7.02. The molecule has 0 radical (unpaired) electrons. The molecule has 1 aliphatic rings. The lowest BCUT2D eigenvalue weighted by molar-refractivity contribution is 0.122. The van der Waals surface area contributed by atoms with Crippen LogP contribution in [0.5, 0.6) is 0 Å². The molecule has 0 aromatic heterocycles. The SMILES string of the molecule is CN(C)C1=NOCc2ccc(Cl)cc21. The van der Waals surface area contributed by atoms with Crippen LogP contribution >= 0.6 is 11.6 Å². The Hall–Kier alpha value is -1.22. The fraction of sp³-hybridized carbons (Fsp3) is 0.300. The second kappa shape index (κ2) is 3.50. The van der Waals surface area contributed by atoms with Crippen LogP contribution in [0.4, 0.5) is 0 Å². The highest BCUT2D eigenvalue weighted by molar-refractivity contribution is 6.31. The number of hydrogen-bond donors (Lipinski definition) is 0. The standard InChI is InChI=1S/C10H11ClN2O/c1-13(2)10-9-5-8(11)4-3-7(9)6-14-12-10/h3-5H,6H2,1-2H3. The topological polar surface area (TPSA) is 24.8 Å². The van der Waals surface area contributed by atoms with Gasteiger partial charge in [0.15, 0.2) is 5.84 Å². The Morgan fingerprint density at radius 2 is 2.21 bits per heavy atom. The maximum Gasteiger partial charge on any atom is 0.175 e. The predicted octanol–water partition coefficient (Wildman–Crippen LogP) is 2.09. The van der Waals surface area contributed by atoms with E-state index in [9.17, 15) is 0 Å². The Morgan fingerprint density at radius 3 is 2.93 bits per heavy atom. The molecule has 2 rings (SSSR count). The number of rotatable bonds is 0. The molecule has 0 saturated heterocycles. The van der Waals surface area contributed by atoms with Crippen LogP contribution in [0.25, 0.3) is 0 Å². The highest BCUT2D eigenvalue weighted by Crippen LogP contribution is 2.21. The van der Waals surface area contributed by atoms with E-state index in [0.717, 1.165) is 22.0 Å². The van der Waals surface area contributed by atoms with Crippen LogP contribution in [0.3, 0.4) is 0 Å². The van der Waals surface area contributed by atoms with E-state index < -0.39 is 0 Å². The number of benzene rings is 1. The minimum Gasteiger partial charge on any atom is -0.389 e. The number of oxime groups is 1. The van der Waals surface area contributed by atoms with E-state index in [0.29, 0.717) is 6.61 Å². The molecule has 0 unspecified atom stereocenters. The van der Waals surface area contributed by atoms with E-state index in [2.05, 4.69) is 5.16 Å². The van der Waals surface area contributed by atoms with Gasteiger partial charge in [0.05, 0.1) is 0 Å². The van der Waals surface area contributed by atoms with Crippen molar-refractivity contribution in [3.05, 3.63) is 34.3 Å². The van der Waals surface area contributed by atoms with Gasteiger partial charge in [-0.25, -0.2) is 0 Å². The van der Waals surface area contributed by atoms with Crippen LogP contribution in [0, 0.1) is 0 Å². The van der Waals surface area contributed by atoms with Crippen LogP contribution in [-0.2, 0) is 11.4 Å². The second-order valence-electron chi connectivity index (χ2n) is 3.38. The van der Waals surface area contributed by atoms with Crippen molar-refractivity contribution in [1.82, 2.24) is 4.90 Å². The summed E-state index contributed by atoms with van der Waals surface area (Å²) in [5.41, 5.74) is 2.17. The lowest BCUT2D eigenvalue weighted by Crippen LogP contribution is -2.26. The summed E-state index contributed by atoms with van der Waals surface area (Å²) in [5.74, 6) is 0.814. The average Bonchev–Trinajstić information content (AvgIpc) is 2.16. The Labute approximate surface area is 87.9 Å². The number of amidine groups is 1. The van der Waals surface area contributed by atoms with Crippen molar-refractivity contribution in [3.63, 3.8) is 0 Å². The van der Waals surface area contributed by atoms with Gasteiger partial charge in [0.1, 0.15) is 6.61 Å². The molecule has 0 spiro atoms. The van der Waals surface area contributed by atoms with Crippen molar-refractivity contribution in [3.8, 4) is 0 Å². The highest BCUT2D eigenvalue weighted by Gasteiger charge is 2.17. The van der Waals surface area contributed by atoms with Crippen molar-refractivity contribution >= 4 is 17.4 Å². The molecular formula is C10H11ClN2O. The Morgan fingerprint density at radius 1 is 1.43 bits per heavy atom. The Bertz CT molecular complexity index is 388. The molecule has 0 saturated carbocycles. The summed E-state index contributed by atoms with van der Waals surface area (Å²) >= 11 is 5.93. The van der Waals surface area contributed by atoms with Crippen LogP contribution in [0.1, 0.15) is 11.1 Å². The quantitative estimate of drug-likeness (QED) is 0.655. The molecule has 3 nitrogen and oxygen atoms in total. The molecule has 14 heavy (non-hydrogen) atoms. The maximum absolute atomic E-state index is 5.93. The average molecular weight is 211 g/mol. The second-order valence-corrected chi connectivity index (χ2v) is 3.82. The molecule has 0 amide bonds. The molecule has 1 aromatic rings. The van der Waals surface area contributed by atoms with Crippen LogP contribution in [-0.4, -0.2) is 24.8 Å². The van der Waals surface area contributed by atoms with Crippen molar-refractivity contribution < 1.29 is 4.84 Å². The summed E-state index contributed by atoms with van der Waals surface area (Å²) in [5, 5.41) is 4.72. The first-order valence-corrected chi connectivity index (χ1v) is 4.72. The molecule has 1 heterocycles. The van der Waals surface area contributed by atoms with Gasteiger partial charge >= 0.3 is 0 Å². The van der Waals surface area contributed by atoms with E-state index in [4.69, 9.17) is 16.4 Å². The van der Waals surface area contributed by atoms with Crippen LogP contribution in [0.15, 0.2) is 23.4 Å². The van der Waals surface area contributed by atoms with Gasteiger partial charge in [-0.05, 0) is 12.1 Å². The van der Waals surface area contributed by atoms with Gasteiger partial charge < -0.3 is 9.74 Å². The summed E-state index contributed by atoms with van der Waals surface area (Å²) in [6, 6.07) is 5.75. The van der Waals surface area contributed by atoms with Crippen molar-refractivity contribution in [2.45, 2.75) is 6.61 Å². The smallest absolute Gasteiger partial charge is 0.175 e. The van der Waals surface area contributed by atoms with E-state index in [1.165, 1.54) is 0 Å². The summed E-state index contributed by atoms with van der Waals surface area (Å²) < 4.78 is 0. The zero-order chi connectivity index (χ0) is 10.1. The molecule has 0 aliphatic carbocycles. The summed E-state index contributed by atoms with van der Waals surface area (Å²) in [6.07, 6.45) is 0. The van der Waals surface area contributed by atoms with Gasteiger partial charge in [-0.1, -0.05) is 22.8 Å². The lowest BCUT2D eigenvalue weighted by Gasteiger charge is -2.21. The molecule has 74 valence electrons. The largest absolute Gasteiger partial charge is 0.389 e. The maximum atomic E-state index is 5.93. The first kappa shape index (κ1) is 9.34. The van der Waals surface area contributed by atoms with E-state index in [-0.39, 0.29) is 0 Å². The molecule has 0 bridgehead atoms. The first-order chi connectivity index (χ1) is 6.68. The van der Waals surface area contributed by atoms with Crippen LogP contribution in [0.2, 0.25) is 5.02 Å². The van der Waals surface area contributed by atoms with E-state index >= 15 is 0 Å². The fourth-order valence-electron chi connectivity index (χ4n) is 1.42. The Kier molecular flexibility index (Phi) is 2.33. The van der Waals surface area contributed by atoms with Gasteiger partial charge in [-0.15, -0.1) is 0 Å². The summed E-state index contributed by atoms with van der Waals surface area (Å²) in [6.45, 7) is 0.518. The number of fused-ring (bicyclic) bond motifs is 1. The minimum atomic E-state index is 0.518. The third-order valence-electron chi connectivity index (χ3n) is 2.11. The zero-order valence-electron chi connectivity index (χ0n) is 8.12. The van der Waals surface area contributed by atoms with E-state index in [1.54, 1.807) is 0 Å².